The zero-order valence-electron chi connectivity index (χ0n) is 15.3. The van der Waals surface area contributed by atoms with Crippen molar-refractivity contribution in [3.8, 4) is 0 Å². The van der Waals surface area contributed by atoms with Gasteiger partial charge in [0.05, 0.1) is 18.3 Å². The molecule has 0 aliphatic rings. The Bertz CT molecular complexity index is 1000. The van der Waals surface area contributed by atoms with E-state index in [2.05, 4.69) is 31.2 Å². The van der Waals surface area contributed by atoms with Crippen LogP contribution in [0.25, 0.3) is 10.9 Å². The lowest BCUT2D eigenvalue weighted by molar-refractivity contribution is -0.116. The highest BCUT2D eigenvalue weighted by Gasteiger charge is 2.18. The number of anilines is 1. The number of hydrogen-bond acceptors (Lipinski definition) is 3. The molecule has 3 rings (SSSR count). The first-order chi connectivity index (χ1) is 12.4. The van der Waals surface area contributed by atoms with E-state index in [9.17, 15) is 9.59 Å². The van der Waals surface area contributed by atoms with Crippen LogP contribution in [0, 0.1) is 0 Å². The van der Waals surface area contributed by atoms with Crippen molar-refractivity contribution in [1.82, 2.24) is 9.78 Å². The van der Waals surface area contributed by atoms with Crippen molar-refractivity contribution < 1.29 is 4.79 Å². The first kappa shape index (κ1) is 17.9. The number of carbonyl (C=O) groups excluding carboxylic acids is 1. The third-order valence-electron chi connectivity index (χ3n) is 4.32. The summed E-state index contributed by atoms with van der Waals surface area (Å²) in [6.45, 7) is 6.77. The molecule has 0 aliphatic heterocycles. The standard InChI is InChI=1S/C21H23N3O2/c1-21(2,3)16-9-5-6-10-17(16)23-20(26)12-13-24-18-11-7-4-8-15(18)19(25)14-22-24/h4-11,14H,12-13H2,1-3H3,(H,23,26). The molecule has 26 heavy (non-hydrogen) atoms. The Kier molecular flexibility index (Phi) is 4.89. The fourth-order valence-electron chi connectivity index (χ4n) is 3.01. The van der Waals surface area contributed by atoms with Crippen molar-refractivity contribution in [3.05, 3.63) is 70.5 Å². The maximum absolute atomic E-state index is 12.5. The van der Waals surface area contributed by atoms with Gasteiger partial charge < -0.3 is 5.32 Å². The summed E-state index contributed by atoms with van der Waals surface area (Å²) in [5, 5.41) is 7.78. The third-order valence-corrected chi connectivity index (χ3v) is 4.32. The largest absolute Gasteiger partial charge is 0.326 e. The zero-order valence-corrected chi connectivity index (χ0v) is 15.3. The predicted molar refractivity (Wildman–Crippen MR) is 104 cm³/mol. The molecule has 134 valence electrons. The quantitative estimate of drug-likeness (QED) is 0.781. The number of aromatic nitrogens is 2. The molecular weight excluding hydrogens is 326 g/mol. The SMILES string of the molecule is CC(C)(C)c1ccccc1NC(=O)CCn1ncc(=O)c2ccccc21. The lowest BCUT2D eigenvalue weighted by atomic mass is 9.86. The molecule has 0 unspecified atom stereocenters. The predicted octanol–water partition coefficient (Wildman–Crippen LogP) is 3.72. The van der Waals surface area contributed by atoms with Crippen LogP contribution in [-0.2, 0) is 16.8 Å². The number of benzene rings is 2. The van der Waals surface area contributed by atoms with E-state index in [1.807, 2.05) is 42.5 Å². The van der Waals surface area contributed by atoms with Crippen LogP contribution in [0.15, 0.2) is 59.5 Å². The highest BCUT2D eigenvalue weighted by molar-refractivity contribution is 5.91. The van der Waals surface area contributed by atoms with Gasteiger partial charge in [0.1, 0.15) is 0 Å². The number of amides is 1. The molecule has 1 N–H and O–H groups in total. The first-order valence-electron chi connectivity index (χ1n) is 8.70. The number of carbonyl (C=O) groups is 1. The summed E-state index contributed by atoms with van der Waals surface area (Å²) in [6, 6.07) is 15.2. The number of hydrogen-bond donors (Lipinski definition) is 1. The molecule has 1 aromatic heterocycles. The van der Waals surface area contributed by atoms with Gasteiger partial charge in [-0.2, -0.15) is 5.10 Å². The van der Waals surface area contributed by atoms with Crippen molar-refractivity contribution in [2.24, 2.45) is 0 Å². The van der Waals surface area contributed by atoms with Gasteiger partial charge in [0.2, 0.25) is 11.3 Å². The van der Waals surface area contributed by atoms with E-state index in [0.717, 1.165) is 16.8 Å². The fourth-order valence-corrected chi connectivity index (χ4v) is 3.01. The Balaban J connectivity index is 1.75. The van der Waals surface area contributed by atoms with Crippen LogP contribution in [0.4, 0.5) is 5.69 Å². The van der Waals surface area contributed by atoms with Crippen LogP contribution >= 0.6 is 0 Å². The van der Waals surface area contributed by atoms with Crippen molar-refractivity contribution in [2.45, 2.75) is 39.2 Å². The molecule has 0 radical (unpaired) electrons. The number of para-hydroxylation sites is 2. The first-order valence-corrected chi connectivity index (χ1v) is 8.70. The van der Waals surface area contributed by atoms with E-state index in [1.54, 1.807) is 10.7 Å². The summed E-state index contributed by atoms with van der Waals surface area (Å²) in [5.41, 5.74) is 2.51. The van der Waals surface area contributed by atoms with Gasteiger partial charge in [-0.25, -0.2) is 0 Å². The fraction of sp³-hybridized carbons (Fsp3) is 0.286. The van der Waals surface area contributed by atoms with Gasteiger partial charge >= 0.3 is 0 Å². The minimum absolute atomic E-state index is 0.0552. The summed E-state index contributed by atoms with van der Waals surface area (Å²) in [5.74, 6) is -0.0775. The maximum Gasteiger partial charge on any atom is 0.226 e. The monoisotopic (exact) mass is 349 g/mol. The van der Waals surface area contributed by atoms with Gasteiger partial charge in [0.25, 0.3) is 0 Å². The van der Waals surface area contributed by atoms with Gasteiger partial charge in [-0.3, -0.25) is 14.3 Å². The van der Waals surface area contributed by atoms with Gasteiger partial charge in [-0.05, 0) is 29.2 Å². The number of nitrogens with one attached hydrogen (secondary N) is 1. The molecule has 0 aliphatic carbocycles. The van der Waals surface area contributed by atoms with Crippen molar-refractivity contribution in [3.63, 3.8) is 0 Å². The average molecular weight is 349 g/mol. The Labute approximate surface area is 152 Å². The molecule has 5 heteroatoms. The molecule has 1 heterocycles. The van der Waals surface area contributed by atoms with E-state index >= 15 is 0 Å². The van der Waals surface area contributed by atoms with Gasteiger partial charge in [-0.1, -0.05) is 51.1 Å². The van der Waals surface area contributed by atoms with Crippen molar-refractivity contribution in [2.75, 3.05) is 5.32 Å². The van der Waals surface area contributed by atoms with Gasteiger partial charge in [0, 0.05) is 17.5 Å². The summed E-state index contributed by atoms with van der Waals surface area (Å²) < 4.78 is 1.70. The van der Waals surface area contributed by atoms with E-state index in [-0.39, 0.29) is 23.2 Å². The summed E-state index contributed by atoms with van der Waals surface area (Å²) in [6.07, 6.45) is 1.58. The molecule has 0 fully saturated rings. The van der Waals surface area contributed by atoms with Gasteiger partial charge in [-0.15, -0.1) is 0 Å². The minimum Gasteiger partial charge on any atom is -0.326 e. The molecule has 0 spiro atoms. The number of nitrogens with zero attached hydrogens (tertiary/aromatic N) is 2. The van der Waals surface area contributed by atoms with Crippen LogP contribution in [-0.4, -0.2) is 15.7 Å². The van der Waals surface area contributed by atoms with E-state index in [0.29, 0.717) is 11.9 Å². The van der Waals surface area contributed by atoms with E-state index in [1.165, 1.54) is 6.20 Å². The molecule has 5 nitrogen and oxygen atoms in total. The second-order valence-corrected chi connectivity index (χ2v) is 7.34. The lowest BCUT2D eigenvalue weighted by Crippen LogP contribution is -2.20. The Morgan fingerprint density at radius 3 is 2.54 bits per heavy atom. The normalized spacial score (nSPS) is 11.5. The molecule has 0 atom stereocenters. The van der Waals surface area contributed by atoms with Gasteiger partial charge in [0.15, 0.2) is 0 Å². The smallest absolute Gasteiger partial charge is 0.226 e. The highest BCUT2D eigenvalue weighted by Crippen LogP contribution is 2.29. The zero-order chi connectivity index (χ0) is 18.7. The second kappa shape index (κ2) is 7.12. The summed E-state index contributed by atoms with van der Waals surface area (Å²) in [7, 11) is 0. The Hall–Kier alpha value is -2.95. The number of fused-ring (bicyclic) bond motifs is 1. The molecular formula is C21H23N3O2. The number of rotatable bonds is 4. The van der Waals surface area contributed by atoms with E-state index in [4.69, 9.17) is 0 Å². The summed E-state index contributed by atoms with van der Waals surface area (Å²) in [4.78, 5) is 24.3. The molecule has 2 aromatic carbocycles. The van der Waals surface area contributed by atoms with Crippen LogP contribution < -0.4 is 10.7 Å². The third kappa shape index (κ3) is 3.82. The molecule has 0 saturated carbocycles. The molecule has 3 aromatic rings. The molecule has 1 amide bonds. The lowest BCUT2D eigenvalue weighted by Gasteiger charge is -2.23. The van der Waals surface area contributed by atoms with Crippen LogP contribution in [0.1, 0.15) is 32.8 Å². The van der Waals surface area contributed by atoms with Crippen molar-refractivity contribution >= 4 is 22.5 Å². The van der Waals surface area contributed by atoms with Crippen molar-refractivity contribution in [1.29, 1.82) is 0 Å². The van der Waals surface area contributed by atoms with E-state index < -0.39 is 0 Å². The molecule has 0 bridgehead atoms. The van der Waals surface area contributed by atoms with Crippen LogP contribution in [0.5, 0.6) is 0 Å². The summed E-state index contributed by atoms with van der Waals surface area (Å²) >= 11 is 0. The van der Waals surface area contributed by atoms with Crippen LogP contribution in [0.2, 0.25) is 0 Å². The Morgan fingerprint density at radius 2 is 1.77 bits per heavy atom. The maximum atomic E-state index is 12.5. The highest BCUT2D eigenvalue weighted by atomic mass is 16.1. The second-order valence-electron chi connectivity index (χ2n) is 7.34. The van der Waals surface area contributed by atoms with Crippen LogP contribution in [0.3, 0.4) is 0 Å². The topological polar surface area (TPSA) is 64.0 Å². The average Bonchev–Trinajstić information content (AvgIpc) is 2.61. The Morgan fingerprint density at radius 1 is 1.08 bits per heavy atom. The number of aryl methyl sites for hydroxylation is 1. The minimum atomic E-state index is -0.111. The molecule has 0 saturated heterocycles.